The number of piperidine rings is 1. The molecule has 138 valence electrons. The molecule has 2 unspecified atom stereocenters. The molecule has 2 aliphatic rings. The van der Waals surface area contributed by atoms with Gasteiger partial charge in [-0.25, -0.2) is 0 Å². The summed E-state index contributed by atoms with van der Waals surface area (Å²) in [7, 11) is 0. The van der Waals surface area contributed by atoms with E-state index in [-0.39, 0.29) is 23.7 Å². The van der Waals surface area contributed by atoms with E-state index in [1.807, 2.05) is 10.9 Å². The third-order valence-electron chi connectivity index (χ3n) is 5.35. The number of carbonyl (C=O) groups excluding carboxylic acids is 1. The Morgan fingerprint density at radius 2 is 1.77 bits per heavy atom. The Morgan fingerprint density at radius 1 is 1.12 bits per heavy atom. The van der Waals surface area contributed by atoms with Gasteiger partial charge in [0.1, 0.15) is 0 Å². The van der Waals surface area contributed by atoms with Gasteiger partial charge in [-0.3, -0.25) is 9.48 Å². The van der Waals surface area contributed by atoms with Crippen molar-refractivity contribution in [2.45, 2.75) is 50.0 Å². The van der Waals surface area contributed by atoms with Crippen LogP contribution in [0.2, 0.25) is 0 Å². The minimum Gasteiger partial charge on any atom is -0.333 e. The van der Waals surface area contributed by atoms with Crippen LogP contribution in [0.15, 0.2) is 41.1 Å². The van der Waals surface area contributed by atoms with Crippen LogP contribution in [-0.4, -0.2) is 32.7 Å². The summed E-state index contributed by atoms with van der Waals surface area (Å²) in [5.41, 5.74) is -1.11. The van der Waals surface area contributed by atoms with Gasteiger partial charge in [0.15, 0.2) is 0 Å². The lowest BCUT2D eigenvalue weighted by atomic mass is 9.95. The third kappa shape index (κ3) is 3.04. The second-order valence-electron chi connectivity index (χ2n) is 6.90. The molecule has 2 fully saturated rings. The highest BCUT2D eigenvalue weighted by Crippen LogP contribution is 2.42. The molecule has 1 aromatic carbocycles. The average molecular weight is 428 g/mol. The number of rotatable bonds is 2. The summed E-state index contributed by atoms with van der Waals surface area (Å²) in [5, 5.41) is 4.33. The number of benzene rings is 1. The van der Waals surface area contributed by atoms with Gasteiger partial charge in [0.05, 0.1) is 27.8 Å². The van der Waals surface area contributed by atoms with Crippen LogP contribution in [-0.2, 0) is 6.18 Å². The zero-order chi connectivity index (χ0) is 18.5. The van der Waals surface area contributed by atoms with Gasteiger partial charge in [-0.1, -0.05) is 12.1 Å². The van der Waals surface area contributed by atoms with Crippen molar-refractivity contribution < 1.29 is 18.0 Å². The minimum absolute atomic E-state index is 0.0458. The number of carbonyl (C=O) groups is 1. The fraction of sp³-hybridized carbons (Fsp3) is 0.444. The maximum atomic E-state index is 13.3. The van der Waals surface area contributed by atoms with Gasteiger partial charge in [0.2, 0.25) is 0 Å². The van der Waals surface area contributed by atoms with Crippen LogP contribution in [0.4, 0.5) is 13.2 Å². The molecule has 0 N–H and O–H groups in total. The van der Waals surface area contributed by atoms with Crippen molar-refractivity contribution in [3.8, 4) is 0 Å². The zero-order valence-corrected chi connectivity index (χ0v) is 15.4. The Morgan fingerprint density at radius 3 is 2.35 bits per heavy atom. The first-order valence-electron chi connectivity index (χ1n) is 8.53. The molecule has 8 heteroatoms. The number of amides is 1. The SMILES string of the molecule is O=C(c1ccccc1C(F)(F)F)N1C2CCC1CC(n1cc(Br)cn1)C2. The van der Waals surface area contributed by atoms with Crippen molar-refractivity contribution in [1.82, 2.24) is 14.7 Å². The Hall–Kier alpha value is -1.83. The number of fused-ring (bicyclic) bond motifs is 2. The molecule has 0 spiro atoms. The summed E-state index contributed by atoms with van der Waals surface area (Å²) in [5.74, 6) is -0.509. The number of hydrogen-bond donors (Lipinski definition) is 0. The van der Waals surface area contributed by atoms with Crippen LogP contribution < -0.4 is 0 Å². The van der Waals surface area contributed by atoms with Crippen molar-refractivity contribution in [3.63, 3.8) is 0 Å². The first kappa shape index (κ1) is 17.6. The molecule has 3 heterocycles. The van der Waals surface area contributed by atoms with Crippen molar-refractivity contribution >= 4 is 21.8 Å². The summed E-state index contributed by atoms with van der Waals surface area (Å²) < 4.78 is 42.6. The molecule has 0 radical (unpaired) electrons. The van der Waals surface area contributed by atoms with E-state index in [2.05, 4.69) is 21.0 Å². The lowest BCUT2D eigenvalue weighted by Gasteiger charge is -2.39. The molecule has 26 heavy (non-hydrogen) atoms. The Kier molecular flexibility index (Phi) is 4.33. The standard InChI is InChI=1S/C18H17BrF3N3O/c19-11-9-23-24(10-11)14-7-12-5-6-13(8-14)25(12)17(26)15-3-1-2-4-16(15)18(20,21)22/h1-4,9-10,12-14H,5-8H2. The number of aromatic nitrogens is 2. The predicted molar refractivity (Wildman–Crippen MR) is 92.6 cm³/mol. The van der Waals surface area contributed by atoms with Crippen LogP contribution in [0, 0.1) is 0 Å². The van der Waals surface area contributed by atoms with Crippen LogP contribution in [0.5, 0.6) is 0 Å². The predicted octanol–water partition coefficient (Wildman–Crippen LogP) is 4.67. The molecule has 0 saturated carbocycles. The van der Waals surface area contributed by atoms with E-state index in [9.17, 15) is 18.0 Å². The first-order valence-corrected chi connectivity index (χ1v) is 9.32. The molecule has 2 aliphatic heterocycles. The van der Waals surface area contributed by atoms with Gasteiger partial charge in [-0.05, 0) is 53.7 Å². The molecule has 2 saturated heterocycles. The highest BCUT2D eigenvalue weighted by atomic mass is 79.9. The third-order valence-corrected chi connectivity index (χ3v) is 5.76. The van der Waals surface area contributed by atoms with Gasteiger partial charge in [0.25, 0.3) is 5.91 Å². The summed E-state index contributed by atoms with van der Waals surface area (Å²) in [6.07, 6.45) is 2.16. The lowest BCUT2D eigenvalue weighted by molar-refractivity contribution is -0.138. The highest BCUT2D eigenvalue weighted by Gasteiger charge is 2.46. The quantitative estimate of drug-likeness (QED) is 0.697. The Labute approximate surface area is 157 Å². The number of alkyl halides is 3. The van der Waals surface area contributed by atoms with Crippen LogP contribution in [0.3, 0.4) is 0 Å². The van der Waals surface area contributed by atoms with Gasteiger partial charge >= 0.3 is 6.18 Å². The monoisotopic (exact) mass is 427 g/mol. The van der Waals surface area contributed by atoms with Crippen LogP contribution >= 0.6 is 15.9 Å². The Balaban J connectivity index is 1.60. The van der Waals surface area contributed by atoms with Crippen molar-refractivity contribution in [2.24, 2.45) is 0 Å². The normalized spacial score (nSPS) is 25.5. The number of hydrogen-bond acceptors (Lipinski definition) is 2. The molecule has 4 nitrogen and oxygen atoms in total. The lowest BCUT2D eigenvalue weighted by Crippen LogP contribution is -2.47. The summed E-state index contributed by atoms with van der Waals surface area (Å²) in [6, 6.07) is 5.13. The van der Waals surface area contributed by atoms with Gasteiger partial charge < -0.3 is 4.90 Å². The van der Waals surface area contributed by atoms with Crippen molar-refractivity contribution in [1.29, 1.82) is 0 Å². The number of halogens is 4. The Bertz CT molecular complexity index is 821. The first-order chi connectivity index (χ1) is 12.3. The van der Waals surface area contributed by atoms with E-state index >= 15 is 0 Å². The molecule has 2 bridgehead atoms. The van der Waals surface area contributed by atoms with E-state index in [4.69, 9.17) is 0 Å². The zero-order valence-electron chi connectivity index (χ0n) is 13.8. The topological polar surface area (TPSA) is 38.1 Å². The van der Waals surface area contributed by atoms with E-state index < -0.39 is 17.6 Å². The average Bonchev–Trinajstić information content (AvgIpc) is 3.14. The molecule has 2 aromatic rings. The maximum absolute atomic E-state index is 13.3. The van der Waals surface area contributed by atoms with E-state index in [1.54, 1.807) is 11.1 Å². The molecule has 2 atom stereocenters. The second-order valence-corrected chi connectivity index (χ2v) is 7.82. The molecular formula is C18H17BrF3N3O. The maximum Gasteiger partial charge on any atom is 0.417 e. The van der Waals surface area contributed by atoms with E-state index in [0.29, 0.717) is 12.8 Å². The summed E-state index contributed by atoms with van der Waals surface area (Å²) in [6.45, 7) is 0. The van der Waals surface area contributed by atoms with Crippen molar-refractivity contribution in [2.75, 3.05) is 0 Å². The summed E-state index contributed by atoms with van der Waals surface area (Å²) in [4.78, 5) is 14.7. The molecule has 1 amide bonds. The molecular weight excluding hydrogens is 411 g/mol. The largest absolute Gasteiger partial charge is 0.417 e. The van der Waals surface area contributed by atoms with Crippen molar-refractivity contribution in [3.05, 3.63) is 52.3 Å². The fourth-order valence-corrected chi connectivity index (χ4v) is 4.57. The second kappa shape index (κ2) is 6.40. The summed E-state index contributed by atoms with van der Waals surface area (Å²) >= 11 is 3.38. The minimum atomic E-state index is -4.54. The van der Waals surface area contributed by atoms with E-state index in [1.165, 1.54) is 18.2 Å². The fourth-order valence-electron chi connectivity index (χ4n) is 4.27. The number of nitrogens with zero attached hydrogens (tertiary/aromatic N) is 3. The highest BCUT2D eigenvalue weighted by molar-refractivity contribution is 9.10. The van der Waals surface area contributed by atoms with Gasteiger partial charge in [0, 0.05) is 18.3 Å². The molecule has 4 rings (SSSR count). The van der Waals surface area contributed by atoms with E-state index in [0.717, 1.165) is 23.4 Å². The molecule has 0 aliphatic carbocycles. The van der Waals surface area contributed by atoms with Gasteiger partial charge in [-0.15, -0.1) is 0 Å². The smallest absolute Gasteiger partial charge is 0.333 e. The van der Waals surface area contributed by atoms with Crippen LogP contribution in [0.25, 0.3) is 0 Å². The van der Waals surface area contributed by atoms with Crippen LogP contribution in [0.1, 0.15) is 47.6 Å². The van der Waals surface area contributed by atoms with Gasteiger partial charge in [-0.2, -0.15) is 18.3 Å². The molecule has 1 aromatic heterocycles.